The van der Waals surface area contributed by atoms with E-state index in [1.807, 2.05) is 0 Å². The number of rotatable bonds is 16. The molecule has 0 aliphatic rings. The maximum absolute atomic E-state index is 4.43. The Morgan fingerprint density at radius 2 is 0.882 bits per heavy atom. The maximum atomic E-state index is 4.43. The Kier molecular flexibility index (Phi) is 11.4. The molecule has 34 heavy (non-hydrogen) atoms. The third kappa shape index (κ3) is 10.4. The number of hydrogen-bond acceptors (Lipinski definition) is 1. The lowest BCUT2D eigenvalue weighted by Crippen LogP contribution is -2.27. The van der Waals surface area contributed by atoms with E-state index in [1.54, 1.807) is 0 Å². The van der Waals surface area contributed by atoms with Crippen LogP contribution in [0.5, 0.6) is 0 Å². The molecule has 0 N–H and O–H groups in total. The fourth-order valence-electron chi connectivity index (χ4n) is 4.50. The third-order valence-electron chi connectivity index (χ3n) is 6.32. The minimum absolute atomic E-state index is 0.948. The van der Waals surface area contributed by atoms with Gasteiger partial charge >= 0.3 is 0 Å². The maximum Gasteiger partial charge on any atom is 0.0240 e. The van der Waals surface area contributed by atoms with Gasteiger partial charge in [0, 0.05) is 19.6 Å². The van der Waals surface area contributed by atoms with Crippen LogP contribution in [0, 0.1) is 0 Å². The molecular formula is C33H41N. The number of unbranched alkanes of at least 4 members (excludes halogenated alkanes) is 2. The molecule has 0 saturated heterocycles. The Balaban J connectivity index is 1.42. The first kappa shape index (κ1) is 25.7. The Hall–Kier alpha value is -2.90. The van der Waals surface area contributed by atoms with Gasteiger partial charge in [0.1, 0.15) is 0 Å². The van der Waals surface area contributed by atoms with Gasteiger partial charge in [-0.05, 0) is 68.1 Å². The molecule has 0 aliphatic carbocycles. The summed E-state index contributed by atoms with van der Waals surface area (Å²) in [5.41, 5.74) is 6.89. The van der Waals surface area contributed by atoms with Gasteiger partial charge in [0.15, 0.2) is 0 Å². The lowest BCUT2D eigenvalue weighted by Gasteiger charge is -2.25. The van der Waals surface area contributed by atoms with Gasteiger partial charge in [0.05, 0.1) is 0 Å². The van der Waals surface area contributed by atoms with Crippen molar-refractivity contribution in [2.75, 3.05) is 13.1 Å². The van der Waals surface area contributed by atoms with Crippen LogP contribution in [0.4, 0.5) is 0 Å². The highest BCUT2D eigenvalue weighted by atomic mass is 15.1. The number of benzene rings is 3. The Morgan fingerprint density at radius 1 is 0.500 bits per heavy atom. The highest BCUT2D eigenvalue weighted by Crippen LogP contribution is 2.16. The molecule has 1 nitrogen and oxygen atoms in total. The minimum atomic E-state index is 0.948. The molecule has 178 valence electrons. The molecule has 0 atom stereocenters. The van der Waals surface area contributed by atoms with Crippen LogP contribution in [0.15, 0.2) is 115 Å². The summed E-state index contributed by atoms with van der Waals surface area (Å²) in [6, 6.07) is 32.4. The van der Waals surface area contributed by atoms with Gasteiger partial charge in [-0.1, -0.05) is 115 Å². The van der Waals surface area contributed by atoms with Crippen molar-refractivity contribution in [3.63, 3.8) is 0 Å². The molecule has 0 radical (unpaired) electrons. The van der Waals surface area contributed by atoms with Crippen molar-refractivity contribution in [1.29, 1.82) is 0 Å². The second kappa shape index (κ2) is 15.1. The highest BCUT2D eigenvalue weighted by molar-refractivity contribution is 5.17. The van der Waals surface area contributed by atoms with Crippen molar-refractivity contribution < 1.29 is 0 Å². The molecule has 0 bridgehead atoms. The van der Waals surface area contributed by atoms with Gasteiger partial charge < -0.3 is 0 Å². The van der Waals surface area contributed by atoms with Crippen LogP contribution < -0.4 is 0 Å². The second-order valence-corrected chi connectivity index (χ2v) is 9.52. The van der Waals surface area contributed by atoms with E-state index in [0.29, 0.717) is 0 Å². The number of aryl methyl sites for hydroxylation is 2. The van der Waals surface area contributed by atoms with Crippen molar-refractivity contribution in [3.05, 3.63) is 132 Å². The first-order valence-electron chi connectivity index (χ1n) is 12.9. The van der Waals surface area contributed by atoms with Gasteiger partial charge in [-0.15, -0.1) is 0 Å². The smallest absolute Gasteiger partial charge is 0.0240 e. The first-order valence-corrected chi connectivity index (χ1v) is 12.9. The zero-order chi connectivity index (χ0) is 23.8. The van der Waals surface area contributed by atoms with Crippen LogP contribution >= 0.6 is 0 Å². The predicted octanol–water partition coefficient (Wildman–Crippen LogP) is 8.43. The lowest BCUT2D eigenvalue weighted by molar-refractivity contribution is 0.306. The second-order valence-electron chi connectivity index (χ2n) is 9.52. The van der Waals surface area contributed by atoms with Crippen LogP contribution in [-0.4, -0.2) is 18.0 Å². The molecule has 0 aromatic heterocycles. The summed E-state index contributed by atoms with van der Waals surface area (Å²) in [6.45, 7) is 11.7. The molecule has 0 heterocycles. The fraction of sp³-hybridized carbons (Fsp3) is 0.333. The summed E-state index contributed by atoms with van der Waals surface area (Å²) in [5.74, 6) is 0. The van der Waals surface area contributed by atoms with E-state index < -0.39 is 0 Å². The molecule has 3 rings (SSSR count). The summed E-state index contributed by atoms with van der Waals surface area (Å²) in [7, 11) is 0. The lowest BCUT2D eigenvalue weighted by atomic mass is 10.0. The summed E-state index contributed by atoms with van der Waals surface area (Å²) in [4.78, 5) is 2.52. The van der Waals surface area contributed by atoms with Crippen molar-refractivity contribution in [1.82, 2.24) is 4.90 Å². The van der Waals surface area contributed by atoms with Crippen LogP contribution in [0.1, 0.15) is 55.2 Å². The molecule has 1 heteroatoms. The molecule has 0 saturated carbocycles. The van der Waals surface area contributed by atoms with Gasteiger partial charge in [-0.3, -0.25) is 4.90 Å². The average Bonchev–Trinajstić information content (AvgIpc) is 2.86. The van der Waals surface area contributed by atoms with Gasteiger partial charge in [0.25, 0.3) is 0 Å². The van der Waals surface area contributed by atoms with E-state index in [4.69, 9.17) is 0 Å². The first-order chi connectivity index (χ1) is 16.7. The quantitative estimate of drug-likeness (QED) is 0.156. The van der Waals surface area contributed by atoms with Crippen molar-refractivity contribution in [2.45, 2.75) is 57.9 Å². The number of hydrogen-bond donors (Lipinski definition) is 0. The predicted molar refractivity (Wildman–Crippen MR) is 148 cm³/mol. The molecule has 3 aromatic carbocycles. The molecule has 0 fully saturated rings. The molecule has 3 aromatic rings. The largest absolute Gasteiger partial charge is 0.291 e. The molecule has 0 unspecified atom stereocenters. The topological polar surface area (TPSA) is 3.24 Å². The van der Waals surface area contributed by atoms with E-state index in [-0.39, 0.29) is 0 Å². The van der Waals surface area contributed by atoms with Gasteiger partial charge in [-0.25, -0.2) is 0 Å². The Bertz CT molecular complexity index is 898. The van der Waals surface area contributed by atoms with Crippen LogP contribution in [0.2, 0.25) is 0 Å². The SMILES string of the molecule is C=C(CCCCc1ccccc1)CN(CC(=C)CCCCc1ccccc1)Cc1ccccc1. The van der Waals surface area contributed by atoms with E-state index in [0.717, 1.165) is 45.3 Å². The van der Waals surface area contributed by atoms with Gasteiger partial charge in [0.2, 0.25) is 0 Å². The average molecular weight is 452 g/mol. The standard InChI is InChI=1S/C33H41N/c1-29(16-12-14-22-31-18-6-3-7-19-31)26-34(28-33-24-10-5-11-25-33)27-30(2)17-13-15-23-32-20-8-4-9-21-32/h3-11,18-21,24-25H,1-2,12-17,22-23,26-28H2. The van der Waals surface area contributed by atoms with Gasteiger partial charge in [-0.2, -0.15) is 0 Å². The Labute approximate surface area is 207 Å². The minimum Gasteiger partial charge on any atom is -0.291 e. The van der Waals surface area contributed by atoms with E-state index in [1.165, 1.54) is 53.5 Å². The van der Waals surface area contributed by atoms with E-state index in [9.17, 15) is 0 Å². The van der Waals surface area contributed by atoms with Crippen LogP contribution in [0.25, 0.3) is 0 Å². The van der Waals surface area contributed by atoms with Crippen molar-refractivity contribution in [3.8, 4) is 0 Å². The van der Waals surface area contributed by atoms with Crippen molar-refractivity contribution in [2.24, 2.45) is 0 Å². The summed E-state index contributed by atoms with van der Waals surface area (Å²) >= 11 is 0. The van der Waals surface area contributed by atoms with E-state index >= 15 is 0 Å². The highest BCUT2D eigenvalue weighted by Gasteiger charge is 2.10. The summed E-state index contributed by atoms with van der Waals surface area (Å²) < 4.78 is 0. The molecule has 0 aliphatic heterocycles. The molecule has 0 amide bonds. The number of nitrogens with zero attached hydrogens (tertiary/aromatic N) is 1. The monoisotopic (exact) mass is 451 g/mol. The summed E-state index contributed by atoms with van der Waals surface area (Å²) in [6.07, 6.45) is 9.35. The Morgan fingerprint density at radius 3 is 1.29 bits per heavy atom. The third-order valence-corrected chi connectivity index (χ3v) is 6.32. The fourth-order valence-corrected chi connectivity index (χ4v) is 4.50. The van der Waals surface area contributed by atoms with Crippen LogP contribution in [-0.2, 0) is 19.4 Å². The van der Waals surface area contributed by atoms with Crippen LogP contribution in [0.3, 0.4) is 0 Å². The molecule has 0 spiro atoms. The zero-order valence-electron chi connectivity index (χ0n) is 20.8. The molecular weight excluding hydrogens is 410 g/mol. The summed E-state index contributed by atoms with van der Waals surface area (Å²) in [5, 5.41) is 0. The van der Waals surface area contributed by atoms with E-state index in [2.05, 4.69) is 109 Å². The van der Waals surface area contributed by atoms with Crippen molar-refractivity contribution >= 4 is 0 Å². The normalized spacial score (nSPS) is 11.0. The zero-order valence-corrected chi connectivity index (χ0v) is 20.8.